The monoisotopic (exact) mass is 249 g/mol. The third-order valence-corrected chi connectivity index (χ3v) is 4.05. The molecule has 0 amide bonds. The van der Waals surface area contributed by atoms with Gasteiger partial charge in [-0.2, -0.15) is 0 Å². The van der Waals surface area contributed by atoms with Crippen molar-refractivity contribution in [3.05, 3.63) is 58.8 Å². The minimum atomic E-state index is 1.21. The van der Waals surface area contributed by atoms with Crippen LogP contribution in [-0.4, -0.2) is 4.98 Å². The Morgan fingerprint density at radius 3 is 2.37 bits per heavy atom. The first-order valence-corrected chi connectivity index (χ1v) is 6.73. The summed E-state index contributed by atoms with van der Waals surface area (Å²) in [7, 11) is 0. The number of nitrogens with one attached hydrogen (secondary N) is 1. The van der Waals surface area contributed by atoms with Gasteiger partial charge in [-0.15, -0.1) is 0 Å². The average molecular weight is 249 g/mol. The van der Waals surface area contributed by atoms with Gasteiger partial charge in [0.1, 0.15) is 0 Å². The maximum absolute atomic E-state index is 3.39. The first-order valence-electron chi connectivity index (χ1n) is 6.73. The van der Waals surface area contributed by atoms with E-state index in [1.807, 2.05) is 0 Å². The first-order chi connectivity index (χ1) is 9.08. The number of hydrogen-bond donors (Lipinski definition) is 1. The molecule has 0 bridgehead atoms. The number of H-pyrrole nitrogens is 1. The Hall–Kier alpha value is -2.02. The van der Waals surface area contributed by atoms with Gasteiger partial charge >= 0.3 is 0 Å². The quantitative estimate of drug-likeness (QED) is 0.620. The fraction of sp³-hybridized carbons (Fsp3) is 0.222. The van der Waals surface area contributed by atoms with Crippen molar-refractivity contribution in [2.75, 3.05) is 0 Å². The van der Waals surface area contributed by atoms with E-state index in [4.69, 9.17) is 0 Å². The van der Waals surface area contributed by atoms with Crippen molar-refractivity contribution in [3.63, 3.8) is 0 Å². The van der Waals surface area contributed by atoms with Crippen LogP contribution in [0.1, 0.15) is 22.3 Å². The van der Waals surface area contributed by atoms with Gasteiger partial charge in [-0.25, -0.2) is 0 Å². The van der Waals surface area contributed by atoms with Crippen LogP contribution in [0.4, 0.5) is 0 Å². The standard InChI is InChI=1S/C18H19N/c1-11-5-8-17-15(9-11)16(10-19-17)18-13(3)7-6-12(2)14(18)4/h5-10,19H,1-4H3. The van der Waals surface area contributed by atoms with E-state index in [0.717, 1.165) is 0 Å². The van der Waals surface area contributed by atoms with Gasteiger partial charge in [0, 0.05) is 22.7 Å². The van der Waals surface area contributed by atoms with Gasteiger partial charge in [0.2, 0.25) is 0 Å². The second kappa shape index (κ2) is 4.27. The number of rotatable bonds is 1. The van der Waals surface area contributed by atoms with Crippen LogP contribution in [0.3, 0.4) is 0 Å². The summed E-state index contributed by atoms with van der Waals surface area (Å²) in [5.74, 6) is 0. The lowest BCUT2D eigenvalue weighted by molar-refractivity contribution is 1.30. The van der Waals surface area contributed by atoms with Crippen LogP contribution in [0.25, 0.3) is 22.0 Å². The molecule has 0 atom stereocenters. The van der Waals surface area contributed by atoms with E-state index in [0.29, 0.717) is 0 Å². The maximum Gasteiger partial charge on any atom is 0.0460 e. The molecule has 0 unspecified atom stereocenters. The molecule has 3 aromatic rings. The summed E-state index contributed by atoms with van der Waals surface area (Å²) in [6, 6.07) is 11.0. The van der Waals surface area contributed by atoms with Gasteiger partial charge in [0.05, 0.1) is 0 Å². The lowest BCUT2D eigenvalue weighted by Gasteiger charge is -2.12. The molecule has 0 saturated carbocycles. The lowest BCUT2D eigenvalue weighted by Crippen LogP contribution is -1.90. The molecular formula is C18H19N. The highest BCUT2D eigenvalue weighted by molar-refractivity contribution is 5.97. The smallest absolute Gasteiger partial charge is 0.0460 e. The SMILES string of the molecule is Cc1ccc2[nH]cc(-c3c(C)ccc(C)c3C)c2c1. The van der Waals surface area contributed by atoms with Crippen LogP contribution in [0.15, 0.2) is 36.5 Å². The second-order valence-corrected chi connectivity index (χ2v) is 5.45. The lowest BCUT2D eigenvalue weighted by atomic mass is 9.92. The van der Waals surface area contributed by atoms with Crippen molar-refractivity contribution in [1.82, 2.24) is 4.98 Å². The van der Waals surface area contributed by atoms with E-state index in [1.54, 1.807) is 0 Å². The van der Waals surface area contributed by atoms with Crippen molar-refractivity contribution in [1.29, 1.82) is 0 Å². The van der Waals surface area contributed by atoms with Gasteiger partial charge in [-0.1, -0.05) is 23.8 Å². The molecule has 0 aliphatic heterocycles. The molecule has 1 aromatic heterocycles. The zero-order valence-corrected chi connectivity index (χ0v) is 12.0. The van der Waals surface area contributed by atoms with Gasteiger partial charge in [0.25, 0.3) is 0 Å². The molecule has 0 aliphatic carbocycles. The summed E-state index contributed by atoms with van der Waals surface area (Å²) in [6.07, 6.45) is 2.14. The first kappa shape index (κ1) is 12.0. The Labute approximate surface area is 114 Å². The molecule has 1 heterocycles. The van der Waals surface area contributed by atoms with E-state index in [2.05, 4.69) is 69.2 Å². The summed E-state index contributed by atoms with van der Waals surface area (Å²) < 4.78 is 0. The minimum absolute atomic E-state index is 1.21. The summed E-state index contributed by atoms with van der Waals surface area (Å²) in [5, 5.41) is 1.32. The molecule has 0 aliphatic rings. The second-order valence-electron chi connectivity index (χ2n) is 5.45. The van der Waals surface area contributed by atoms with Gasteiger partial charge in [-0.05, 0) is 62.1 Å². The Balaban J connectivity index is 2.37. The van der Waals surface area contributed by atoms with Crippen LogP contribution in [0.5, 0.6) is 0 Å². The normalized spacial score (nSPS) is 11.2. The summed E-state index contributed by atoms with van der Waals surface area (Å²) in [6.45, 7) is 8.73. The molecule has 0 spiro atoms. The maximum atomic E-state index is 3.39. The van der Waals surface area contributed by atoms with Crippen LogP contribution < -0.4 is 0 Å². The molecule has 3 rings (SSSR count). The highest BCUT2D eigenvalue weighted by Crippen LogP contribution is 2.34. The molecule has 1 N–H and O–H groups in total. The Morgan fingerprint density at radius 2 is 1.58 bits per heavy atom. The van der Waals surface area contributed by atoms with Crippen molar-refractivity contribution in [2.24, 2.45) is 0 Å². The van der Waals surface area contributed by atoms with Crippen molar-refractivity contribution >= 4 is 10.9 Å². The van der Waals surface area contributed by atoms with E-state index in [1.165, 1.54) is 44.3 Å². The predicted octanol–water partition coefficient (Wildman–Crippen LogP) is 5.07. The average Bonchev–Trinajstić information content (AvgIpc) is 2.78. The Morgan fingerprint density at radius 1 is 0.842 bits per heavy atom. The fourth-order valence-electron chi connectivity index (χ4n) is 2.81. The molecular weight excluding hydrogens is 230 g/mol. The van der Waals surface area contributed by atoms with Crippen molar-refractivity contribution in [3.8, 4) is 11.1 Å². The summed E-state index contributed by atoms with van der Waals surface area (Å²) >= 11 is 0. The van der Waals surface area contributed by atoms with Crippen LogP contribution >= 0.6 is 0 Å². The minimum Gasteiger partial charge on any atom is -0.361 e. The van der Waals surface area contributed by atoms with Crippen LogP contribution in [-0.2, 0) is 0 Å². The van der Waals surface area contributed by atoms with Crippen LogP contribution in [0, 0.1) is 27.7 Å². The third kappa shape index (κ3) is 1.86. The van der Waals surface area contributed by atoms with Crippen LogP contribution in [0.2, 0.25) is 0 Å². The van der Waals surface area contributed by atoms with E-state index in [9.17, 15) is 0 Å². The highest BCUT2D eigenvalue weighted by Gasteiger charge is 2.12. The number of aromatic amines is 1. The predicted molar refractivity (Wildman–Crippen MR) is 82.7 cm³/mol. The molecule has 96 valence electrons. The Kier molecular flexibility index (Phi) is 2.70. The molecule has 0 saturated heterocycles. The van der Waals surface area contributed by atoms with Crippen molar-refractivity contribution in [2.45, 2.75) is 27.7 Å². The van der Waals surface area contributed by atoms with E-state index < -0.39 is 0 Å². The topological polar surface area (TPSA) is 15.8 Å². The molecule has 19 heavy (non-hydrogen) atoms. The zero-order valence-electron chi connectivity index (χ0n) is 12.0. The van der Waals surface area contributed by atoms with E-state index in [-0.39, 0.29) is 0 Å². The number of fused-ring (bicyclic) bond motifs is 1. The molecule has 0 radical (unpaired) electrons. The fourth-order valence-corrected chi connectivity index (χ4v) is 2.81. The third-order valence-electron chi connectivity index (χ3n) is 4.05. The summed E-state index contributed by atoms with van der Waals surface area (Å²) in [5.41, 5.74) is 9.27. The molecule has 1 nitrogen and oxygen atoms in total. The molecule has 1 heteroatoms. The van der Waals surface area contributed by atoms with Gasteiger partial charge in [-0.3, -0.25) is 0 Å². The van der Waals surface area contributed by atoms with E-state index >= 15 is 0 Å². The number of benzene rings is 2. The molecule has 2 aromatic carbocycles. The highest BCUT2D eigenvalue weighted by atomic mass is 14.7. The van der Waals surface area contributed by atoms with Gasteiger partial charge < -0.3 is 4.98 Å². The van der Waals surface area contributed by atoms with Crippen molar-refractivity contribution < 1.29 is 0 Å². The summed E-state index contributed by atoms with van der Waals surface area (Å²) in [4.78, 5) is 3.39. The number of aromatic nitrogens is 1. The number of aryl methyl sites for hydroxylation is 3. The zero-order chi connectivity index (χ0) is 13.6. The Bertz CT molecular complexity index is 763. The number of hydrogen-bond acceptors (Lipinski definition) is 0. The largest absolute Gasteiger partial charge is 0.361 e. The molecule has 0 fully saturated rings. The van der Waals surface area contributed by atoms with Gasteiger partial charge in [0.15, 0.2) is 0 Å².